The zero-order valence-electron chi connectivity index (χ0n) is 17.3. The van der Waals surface area contributed by atoms with Crippen molar-refractivity contribution in [2.24, 2.45) is 0 Å². The van der Waals surface area contributed by atoms with Gasteiger partial charge in [-0.1, -0.05) is 26.8 Å². The van der Waals surface area contributed by atoms with Gasteiger partial charge in [-0.15, -0.1) is 4.31 Å². The monoisotopic (exact) mass is 389 g/mol. The lowest BCUT2D eigenvalue weighted by molar-refractivity contribution is -0.139. The molecule has 2 atom stereocenters. The van der Waals surface area contributed by atoms with Gasteiger partial charge in [0.15, 0.2) is 8.32 Å². The van der Waals surface area contributed by atoms with Crippen LogP contribution >= 0.6 is 0 Å². The summed E-state index contributed by atoms with van der Waals surface area (Å²) in [7, 11) is -1.97. The molecule has 1 aliphatic heterocycles. The van der Waals surface area contributed by atoms with E-state index in [0.717, 1.165) is 0 Å². The normalized spacial score (nSPS) is 21.2. The summed E-state index contributed by atoms with van der Waals surface area (Å²) >= 11 is -1.22. The second-order valence-corrected chi connectivity index (χ2v) is 15.9. The molecule has 7 heteroatoms. The Bertz CT molecular complexity index is 508. The fourth-order valence-corrected chi connectivity index (χ4v) is 4.58. The third-order valence-corrected chi connectivity index (χ3v) is 11.2. The van der Waals surface area contributed by atoms with Crippen molar-refractivity contribution in [1.82, 2.24) is 4.31 Å². The molecule has 1 rings (SSSR count). The van der Waals surface area contributed by atoms with Crippen molar-refractivity contribution >= 4 is 25.6 Å². The largest absolute Gasteiger partial charge is 0.597 e. The molecule has 1 aliphatic rings. The van der Waals surface area contributed by atoms with Crippen LogP contribution in [0.5, 0.6) is 0 Å². The van der Waals surface area contributed by atoms with Crippen LogP contribution in [0.4, 0.5) is 0 Å². The number of hydrogen-bond acceptors (Lipinski definition) is 5. The summed E-state index contributed by atoms with van der Waals surface area (Å²) in [6, 6.07) is -0.326. The molecule has 5 nitrogen and oxygen atoms in total. The average molecular weight is 390 g/mol. The molecule has 146 valence electrons. The third kappa shape index (κ3) is 5.56. The van der Waals surface area contributed by atoms with E-state index < -0.39 is 24.4 Å². The van der Waals surface area contributed by atoms with Crippen LogP contribution in [0.15, 0.2) is 11.6 Å². The lowest BCUT2D eigenvalue weighted by Gasteiger charge is -2.39. The SMILES string of the molecule is CCOC(=O)C1=CCN([S+]([O-])C(C)(C)C)[C@@H]1CO[Si](C)(C)C(C)(C)C. The maximum absolute atomic E-state index is 12.9. The van der Waals surface area contributed by atoms with Crippen molar-refractivity contribution < 1.29 is 18.5 Å². The van der Waals surface area contributed by atoms with Crippen LogP contribution in [0.1, 0.15) is 48.5 Å². The molecule has 0 amide bonds. The molecule has 25 heavy (non-hydrogen) atoms. The molecule has 0 spiro atoms. The van der Waals surface area contributed by atoms with Gasteiger partial charge in [-0.25, -0.2) is 4.79 Å². The van der Waals surface area contributed by atoms with Crippen LogP contribution in [0, 0.1) is 0 Å². The molecular formula is C18H35NO4SSi. The van der Waals surface area contributed by atoms with E-state index in [2.05, 4.69) is 33.9 Å². The quantitative estimate of drug-likeness (QED) is 0.394. The minimum Gasteiger partial charge on any atom is -0.597 e. The summed E-state index contributed by atoms with van der Waals surface area (Å²) in [5, 5.41) is 0.0768. The second-order valence-electron chi connectivity index (χ2n) is 8.93. The first-order chi connectivity index (χ1) is 11.2. The molecule has 1 unspecified atom stereocenters. The van der Waals surface area contributed by atoms with E-state index in [-0.39, 0.29) is 17.0 Å². The molecule has 0 aromatic heterocycles. The minimum absolute atomic E-state index is 0.0768. The van der Waals surface area contributed by atoms with Crippen LogP contribution in [0.25, 0.3) is 0 Å². The van der Waals surface area contributed by atoms with Gasteiger partial charge in [-0.3, -0.25) is 0 Å². The minimum atomic E-state index is -1.97. The van der Waals surface area contributed by atoms with E-state index in [4.69, 9.17) is 9.16 Å². The van der Waals surface area contributed by atoms with E-state index in [0.29, 0.717) is 25.3 Å². The van der Waals surface area contributed by atoms with Crippen molar-refractivity contribution in [2.45, 2.75) is 77.4 Å². The average Bonchev–Trinajstić information content (AvgIpc) is 2.86. The fourth-order valence-electron chi connectivity index (χ4n) is 2.25. The Morgan fingerprint density at radius 1 is 1.32 bits per heavy atom. The number of rotatable bonds is 6. The van der Waals surface area contributed by atoms with Gasteiger partial charge in [0, 0.05) is 11.4 Å². The Morgan fingerprint density at radius 3 is 2.32 bits per heavy atom. The van der Waals surface area contributed by atoms with E-state index in [1.807, 2.05) is 31.2 Å². The topological polar surface area (TPSA) is 61.8 Å². The molecule has 0 radical (unpaired) electrons. The highest BCUT2D eigenvalue weighted by molar-refractivity contribution is 7.90. The Morgan fingerprint density at radius 2 is 1.88 bits per heavy atom. The summed E-state index contributed by atoms with van der Waals surface area (Å²) in [5.41, 5.74) is 0.568. The lowest BCUT2D eigenvalue weighted by Crippen LogP contribution is -2.51. The zero-order valence-corrected chi connectivity index (χ0v) is 19.1. The summed E-state index contributed by atoms with van der Waals surface area (Å²) in [5.74, 6) is -0.334. The first-order valence-corrected chi connectivity index (χ1v) is 12.9. The Kier molecular flexibility index (Phi) is 7.38. The van der Waals surface area contributed by atoms with E-state index >= 15 is 0 Å². The van der Waals surface area contributed by atoms with Crippen molar-refractivity contribution in [2.75, 3.05) is 19.8 Å². The fraction of sp³-hybridized carbons (Fsp3) is 0.833. The van der Waals surface area contributed by atoms with Crippen LogP contribution in [0.3, 0.4) is 0 Å². The third-order valence-electron chi connectivity index (χ3n) is 4.85. The maximum Gasteiger partial charge on any atom is 0.335 e. The number of carbonyl (C=O) groups excluding carboxylic acids is 1. The molecule has 0 aromatic rings. The molecule has 0 fully saturated rings. The molecule has 0 aromatic carbocycles. The van der Waals surface area contributed by atoms with Gasteiger partial charge in [0.05, 0.1) is 25.3 Å². The van der Waals surface area contributed by atoms with Crippen LogP contribution in [0.2, 0.25) is 18.1 Å². The van der Waals surface area contributed by atoms with Gasteiger partial charge in [0.1, 0.15) is 10.8 Å². The summed E-state index contributed by atoms with van der Waals surface area (Å²) < 4.78 is 25.9. The van der Waals surface area contributed by atoms with Gasteiger partial charge in [-0.05, 0) is 45.8 Å². The number of ether oxygens (including phenoxy) is 1. The predicted octanol–water partition coefficient (Wildman–Crippen LogP) is 3.64. The highest BCUT2D eigenvalue weighted by Gasteiger charge is 2.46. The molecular weight excluding hydrogens is 354 g/mol. The second kappa shape index (κ2) is 8.13. The van der Waals surface area contributed by atoms with Crippen LogP contribution in [-0.4, -0.2) is 53.7 Å². The summed E-state index contributed by atoms with van der Waals surface area (Å²) in [6.45, 7) is 19.7. The van der Waals surface area contributed by atoms with Crippen molar-refractivity contribution in [3.8, 4) is 0 Å². The van der Waals surface area contributed by atoms with Gasteiger partial charge in [0.25, 0.3) is 0 Å². The molecule has 1 heterocycles. The first kappa shape index (κ1) is 22.7. The smallest absolute Gasteiger partial charge is 0.335 e. The van der Waals surface area contributed by atoms with E-state index in [1.54, 1.807) is 6.92 Å². The number of hydrogen-bond donors (Lipinski definition) is 0. The highest BCUT2D eigenvalue weighted by atomic mass is 32.2. The van der Waals surface area contributed by atoms with Crippen molar-refractivity contribution in [3.05, 3.63) is 11.6 Å². The zero-order chi connectivity index (χ0) is 19.6. The molecule has 0 N–H and O–H groups in total. The first-order valence-electron chi connectivity index (χ1n) is 8.92. The van der Waals surface area contributed by atoms with Gasteiger partial charge < -0.3 is 13.7 Å². The molecule has 0 saturated heterocycles. The predicted molar refractivity (Wildman–Crippen MR) is 106 cm³/mol. The van der Waals surface area contributed by atoms with Crippen molar-refractivity contribution in [1.29, 1.82) is 0 Å². The molecule has 0 saturated carbocycles. The standard InChI is InChI=1S/C18H35NO4SSi/c1-10-22-16(20)14-11-12-19(24(21)17(2,3)4)15(14)13-23-25(8,9)18(5,6)7/h11,15H,10,12-13H2,1-9H3/t15-,24?/m1/s1. The molecule has 0 bridgehead atoms. The van der Waals surface area contributed by atoms with E-state index in [1.165, 1.54) is 0 Å². The van der Waals surface area contributed by atoms with Gasteiger partial charge in [0.2, 0.25) is 0 Å². The maximum atomic E-state index is 12.9. The van der Waals surface area contributed by atoms with Crippen LogP contribution in [-0.2, 0) is 25.3 Å². The number of esters is 1. The molecule has 0 aliphatic carbocycles. The number of nitrogens with zero attached hydrogens (tertiary/aromatic N) is 1. The Balaban J connectivity index is 3.02. The summed E-state index contributed by atoms with van der Waals surface area (Å²) in [4.78, 5) is 12.3. The summed E-state index contributed by atoms with van der Waals surface area (Å²) in [6.07, 6.45) is 1.83. The highest BCUT2D eigenvalue weighted by Crippen LogP contribution is 2.38. The Hall–Kier alpha value is -0.343. The van der Waals surface area contributed by atoms with Gasteiger partial charge in [-0.2, -0.15) is 0 Å². The number of carbonyl (C=O) groups is 1. The van der Waals surface area contributed by atoms with Crippen molar-refractivity contribution in [3.63, 3.8) is 0 Å². The lowest BCUT2D eigenvalue weighted by atomic mass is 10.1. The van der Waals surface area contributed by atoms with E-state index in [9.17, 15) is 9.35 Å². The van der Waals surface area contributed by atoms with Gasteiger partial charge >= 0.3 is 5.97 Å². The Labute approximate surface area is 157 Å². The van der Waals surface area contributed by atoms with Crippen LogP contribution < -0.4 is 0 Å².